The molecule has 166 valence electrons. The van der Waals surface area contributed by atoms with Gasteiger partial charge in [0.25, 0.3) is 5.91 Å². The Morgan fingerprint density at radius 1 is 1.03 bits per heavy atom. The first-order valence-electron chi connectivity index (χ1n) is 10.6. The summed E-state index contributed by atoms with van der Waals surface area (Å²) in [6.07, 6.45) is 0. The molecule has 1 N–H and O–H groups in total. The Kier molecular flexibility index (Phi) is 5.30. The van der Waals surface area contributed by atoms with Crippen LogP contribution in [0.25, 0.3) is 16.9 Å². The highest BCUT2D eigenvalue weighted by Crippen LogP contribution is 2.32. The number of ether oxygens (including phenoxy) is 2. The van der Waals surface area contributed by atoms with Gasteiger partial charge in [-0.1, -0.05) is 35.9 Å². The van der Waals surface area contributed by atoms with Crippen LogP contribution in [0.1, 0.15) is 27.2 Å². The Bertz CT molecular complexity index is 1360. The maximum atomic E-state index is 14.5. The van der Waals surface area contributed by atoms with Crippen molar-refractivity contribution >= 4 is 5.91 Å². The van der Waals surface area contributed by atoms with Gasteiger partial charge in [-0.05, 0) is 61.4 Å². The highest BCUT2D eigenvalue weighted by Gasteiger charge is 2.20. The van der Waals surface area contributed by atoms with Crippen LogP contribution in [0.4, 0.5) is 4.39 Å². The number of aryl methyl sites for hydroxylation is 2. The lowest BCUT2D eigenvalue weighted by atomic mass is 10.1. The molecule has 33 heavy (non-hydrogen) atoms. The largest absolute Gasteiger partial charge is 0.454 e. The van der Waals surface area contributed by atoms with E-state index >= 15 is 0 Å². The van der Waals surface area contributed by atoms with Crippen LogP contribution in [-0.2, 0) is 6.54 Å². The molecule has 0 spiro atoms. The van der Waals surface area contributed by atoms with Crippen molar-refractivity contribution in [3.8, 4) is 28.4 Å². The van der Waals surface area contributed by atoms with Crippen molar-refractivity contribution in [2.24, 2.45) is 0 Å². The van der Waals surface area contributed by atoms with E-state index in [1.807, 2.05) is 50.2 Å². The fraction of sp³-hybridized carbons (Fsp3) is 0.154. The van der Waals surface area contributed by atoms with E-state index in [9.17, 15) is 9.18 Å². The van der Waals surface area contributed by atoms with E-state index in [4.69, 9.17) is 9.47 Å². The number of rotatable bonds is 5. The van der Waals surface area contributed by atoms with Crippen LogP contribution in [0.2, 0.25) is 0 Å². The molecular formula is C26H22FN3O3. The van der Waals surface area contributed by atoms with Gasteiger partial charge in [0.05, 0.1) is 11.4 Å². The van der Waals surface area contributed by atoms with Crippen LogP contribution in [0, 0.1) is 19.7 Å². The summed E-state index contributed by atoms with van der Waals surface area (Å²) in [7, 11) is 0. The number of benzene rings is 3. The molecule has 1 aliphatic heterocycles. The Morgan fingerprint density at radius 2 is 1.85 bits per heavy atom. The van der Waals surface area contributed by atoms with Crippen molar-refractivity contribution in [2.45, 2.75) is 20.4 Å². The highest BCUT2D eigenvalue weighted by molar-refractivity contribution is 5.94. The number of halogens is 1. The molecule has 0 bridgehead atoms. The van der Waals surface area contributed by atoms with E-state index < -0.39 is 5.82 Å². The van der Waals surface area contributed by atoms with Crippen LogP contribution in [0.5, 0.6) is 11.5 Å². The van der Waals surface area contributed by atoms with E-state index in [0.717, 1.165) is 22.4 Å². The van der Waals surface area contributed by atoms with Crippen molar-refractivity contribution in [2.75, 3.05) is 6.79 Å². The molecule has 2 heterocycles. The second kappa shape index (κ2) is 8.43. The highest BCUT2D eigenvalue weighted by atomic mass is 19.1. The van der Waals surface area contributed by atoms with Gasteiger partial charge in [0.2, 0.25) is 6.79 Å². The molecule has 6 nitrogen and oxygen atoms in total. The monoisotopic (exact) mass is 443 g/mol. The Balaban J connectivity index is 1.49. The predicted octanol–water partition coefficient (Wildman–Crippen LogP) is 4.95. The second-order valence-electron chi connectivity index (χ2n) is 7.97. The quantitative estimate of drug-likeness (QED) is 0.474. The SMILES string of the molecule is Cc1ccc(-n2nc(-c3ccccc3F)cc2C(=O)NCc2ccc3c(c2)OCO3)c(C)c1. The number of nitrogens with zero attached hydrogens (tertiary/aromatic N) is 2. The second-order valence-corrected chi connectivity index (χ2v) is 7.97. The van der Waals surface area contributed by atoms with Crippen molar-refractivity contribution in [1.82, 2.24) is 15.1 Å². The molecule has 0 atom stereocenters. The van der Waals surface area contributed by atoms with E-state index in [2.05, 4.69) is 10.4 Å². The molecule has 0 unspecified atom stereocenters. The average molecular weight is 443 g/mol. The zero-order valence-corrected chi connectivity index (χ0v) is 18.3. The first kappa shape index (κ1) is 20.8. The van der Waals surface area contributed by atoms with Crippen LogP contribution in [0.3, 0.4) is 0 Å². The molecule has 4 aromatic rings. The number of aromatic nitrogens is 2. The van der Waals surface area contributed by atoms with Crippen molar-refractivity contribution in [1.29, 1.82) is 0 Å². The third-order valence-corrected chi connectivity index (χ3v) is 5.56. The fourth-order valence-corrected chi connectivity index (χ4v) is 3.89. The van der Waals surface area contributed by atoms with Gasteiger partial charge in [-0.25, -0.2) is 9.07 Å². The molecule has 1 aromatic heterocycles. The number of amides is 1. The van der Waals surface area contributed by atoms with Crippen molar-refractivity contribution < 1.29 is 18.7 Å². The summed E-state index contributed by atoms with van der Waals surface area (Å²) in [5.74, 6) is 0.634. The first-order valence-corrected chi connectivity index (χ1v) is 10.6. The normalized spacial score (nSPS) is 12.1. The number of fused-ring (bicyclic) bond motifs is 1. The molecule has 0 aliphatic carbocycles. The minimum atomic E-state index is -0.393. The molecule has 3 aromatic carbocycles. The maximum absolute atomic E-state index is 14.5. The summed E-state index contributed by atoms with van der Waals surface area (Å²) in [6.45, 7) is 4.45. The lowest BCUT2D eigenvalue weighted by Gasteiger charge is -2.11. The summed E-state index contributed by atoms with van der Waals surface area (Å²) in [6, 6.07) is 19.4. The maximum Gasteiger partial charge on any atom is 0.270 e. The Labute approximate surface area is 190 Å². The topological polar surface area (TPSA) is 65.4 Å². The van der Waals surface area contributed by atoms with Gasteiger partial charge in [0.15, 0.2) is 11.5 Å². The third-order valence-electron chi connectivity index (χ3n) is 5.56. The molecule has 1 aliphatic rings. The Hall–Kier alpha value is -4.13. The molecule has 0 fully saturated rings. The third kappa shape index (κ3) is 4.05. The number of carbonyl (C=O) groups is 1. The van der Waals surface area contributed by atoms with E-state index in [-0.39, 0.29) is 12.7 Å². The van der Waals surface area contributed by atoms with Gasteiger partial charge < -0.3 is 14.8 Å². The smallest absolute Gasteiger partial charge is 0.270 e. The lowest BCUT2D eigenvalue weighted by molar-refractivity contribution is 0.0943. The van der Waals surface area contributed by atoms with Gasteiger partial charge in [-0.15, -0.1) is 0 Å². The molecule has 0 saturated carbocycles. The summed E-state index contributed by atoms with van der Waals surface area (Å²) < 4.78 is 26.8. The summed E-state index contributed by atoms with van der Waals surface area (Å²) in [5.41, 5.74) is 4.75. The number of hydrogen-bond donors (Lipinski definition) is 1. The van der Waals surface area contributed by atoms with Crippen molar-refractivity contribution in [3.63, 3.8) is 0 Å². The average Bonchev–Trinajstić information content (AvgIpc) is 3.45. The zero-order chi connectivity index (χ0) is 22.9. The first-order chi connectivity index (χ1) is 16.0. The summed E-state index contributed by atoms with van der Waals surface area (Å²) in [5, 5.41) is 7.54. The lowest BCUT2D eigenvalue weighted by Crippen LogP contribution is -2.25. The Morgan fingerprint density at radius 3 is 2.67 bits per heavy atom. The van der Waals surface area contributed by atoms with Gasteiger partial charge in [0, 0.05) is 12.1 Å². The minimum Gasteiger partial charge on any atom is -0.454 e. The summed E-state index contributed by atoms with van der Waals surface area (Å²) >= 11 is 0. The van der Waals surface area contributed by atoms with Crippen LogP contribution in [-0.4, -0.2) is 22.5 Å². The van der Waals surface area contributed by atoms with E-state index in [0.29, 0.717) is 35.0 Å². The molecular weight excluding hydrogens is 421 g/mol. The van der Waals surface area contributed by atoms with Gasteiger partial charge in [0.1, 0.15) is 11.5 Å². The molecule has 7 heteroatoms. The minimum absolute atomic E-state index is 0.194. The predicted molar refractivity (Wildman–Crippen MR) is 122 cm³/mol. The van der Waals surface area contributed by atoms with Crippen LogP contribution >= 0.6 is 0 Å². The van der Waals surface area contributed by atoms with E-state index in [1.54, 1.807) is 28.9 Å². The van der Waals surface area contributed by atoms with Gasteiger partial charge in [-0.3, -0.25) is 4.79 Å². The van der Waals surface area contributed by atoms with E-state index in [1.165, 1.54) is 6.07 Å². The summed E-state index contributed by atoms with van der Waals surface area (Å²) in [4.78, 5) is 13.2. The molecule has 0 radical (unpaired) electrons. The number of carbonyl (C=O) groups excluding carboxylic acids is 1. The molecule has 0 saturated heterocycles. The molecule has 1 amide bonds. The number of hydrogen-bond acceptors (Lipinski definition) is 4. The zero-order valence-electron chi connectivity index (χ0n) is 18.3. The van der Waals surface area contributed by atoms with Crippen LogP contribution < -0.4 is 14.8 Å². The standard InChI is InChI=1S/C26H22FN3O3/c1-16-7-9-22(17(2)11-16)30-23(13-21(29-30)19-5-3-4-6-20(19)27)26(31)28-14-18-8-10-24-25(12-18)33-15-32-24/h3-13H,14-15H2,1-2H3,(H,28,31). The van der Waals surface area contributed by atoms with Crippen molar-refractivity contribution in [3.05, 3.63) is 94.9 Å². The van der Waals surface area contributed by atoms with Gasteiger partial charge in [-0.2, -0.15) is 5.10 Å². The fourth-order valence-electron chi connectivity index (χ4n) is 3.89. The van der Waals surface area contributed by atoms with Gasteiger partial charge >= 0.3 is 0 Å². The molecule has 5 rings (SSSR count). The number of nitrogens with one attached hydrogen (secondary N) is 1. The van der Waals surface area contributed by atoms with Crippen LogP contribution in [0.15, 0.2) is 66.7 Å².